The number of likely N-dealkylation sites (tertiary alicyclic amines) is 1. The molecular weight excluding hydrogens is 601 g/mol. The molecule has 1 N–H and O–H groups in total. The van der Waals surface area contributed by atoms with Gasteiger partial charge in [0.05, 0.1) is 34.0 Å². The smallest absolute Gasteiger partial charge is 0.249 e. The number of piperazine rings is 1. The van der Waals surface area contributed by atoms with E-state index in [1.54, 1.807) is 44.2 Å². The quantitative estimate of drug-likeness (QED) is 0.377. The Balaban J connectivity index is 1.80. The summed E-state index contributed by atoms with van der Waals surface area (Å²) in [6, 6.07) is 8.73. The van der Waals surface area contributed by atoms with Gasteiger partial charge < -0.3 is 24.6 Å². The molecule has 10 nitrogen and oxygen atoms in total. The largest absolute Gasteiger partial charge is 0.497 e. The fraction of sp³-hybridized carbons (Fsp3) is 0.448. The van der Waals surface area contributed by atoms with E-state index in [9.17, 15) is 14.4 Å². The number of thiophene rings is 1. The van der Waals surface area contributed by atoms with Crippen LogP contribution in [0.2, 0.25) is 9.49 Å². The second-order valence-electron chi connectivity index (χ2n) is 10.4. The number of amides is 2. The first kappa shape index (κ1) is 30.5. The summed E-state index contributed by atoms with van der Waals surface area (Å²) in [5, 5.41) is 8.07. The van der Waals surface area contributed by atoms with E-state index in [2.05, 4.69) is 10.4 Å². The Hall–Kier alpha value is -2.96. The van der Waals surface area contributed by atoms with Gasteiger partial charge in [-0.2, -0.15) is 5.10 Å². The minimum absolute atomic E-state index is 0.240. The highest BCUT2D eigenvalue weighted by Crippen LogP contribution is 2.54. The first-order chi connectivity index (χ1) is 20.2. The normalized spacial score (nSPS) is 22.4. The number of aromatic nitrogens is 2. The van der Waals surface area contributed by atoms with Crippen molar-refractivity contribution in [2.75, 3.05) is 47.0 Å². The van der Waals surface area contributed by atoms with Crippen molar-refractivity contribution < 1.29 is 23.9 Å². The molecule has 0 spiro atoms. The zero-order valence-electron chi connectivity index (χ0n) is 23.8. The van der Waals surface area contributed by atoms with Crippen LogP contribution in [0.15, 0.2) is 36.4 Å². The van der Waals surface area contributed by atoms with Crippen LogP contribution in [0.1, 0.15) is 38.5 Å². The third-order valence-corrected chi connectivity index (χ3v) is 9.69. The highest BCUT2D eigenvalue weighted by Gasteiger charge is 2.59. The lowest BCUT2D eigenvalue weighted by Gasteiger charge is -2.36. The summed E-state index contributed by atoms with van der Waals surface area (Å²) in [4.78, 5) is 47.0. The predicted octanol–water partition coefficient (Wildman–Crippen LogP) is 3.72. The van der Waals surface area contributed by atoms with E-state index in [1.807, 2.05) is 18.2 Å². The number of nitrogens with zero attached hydrogens (tertiary/aromatic N) is 4. The van der Waals surface area contributed by atoms with Gasteiger partial charge in [0.25, 0.3) is 0 Å². The molecule has 224 valence electrons. The van der Waals surface area contributed by atoms with Crippen molar-refractivity contribution >= 4 is 52.1 Å². The van der Waals surface area contributed by atoms with Crippen molar-refractivity contribution in [3.8, 4) is 5.75 Å². The zero-order valence-corrected chi connectivity index (χ0v) is 26.1. The third-order valence-electron chi connectivity index (χ3n) is 7.99. The van der Waals surface area contributed by atoms with Crippen LogP contribution in [0.4, 0.5) is 0 Å². The molecule has 0 radical (unpaired) electrons. The highest BCUT2D eigenvalue weighted by molar-refractivity contribution is 7.18. The molecule has 2 fully saturated rings. The summed E-state index contributed by atoms with van der Waals surface area (Å²) < 4.78 is 12.8. The first-order valence-corrected chi connectivity index (χ1v) is 15.2. The molecule has 42 heavy (non-hydrogen) atoms. The minimum atomic E-state index is -1.03. The Bertz CT molecular complexity index is 1490. The lowest BCUT2D eigenvalue weighted by molar-refractivity contribution is -0.148. The van der Waals surface area contributed by atoms with E-state index >= 15 is 0 Å². The number of aryl methyl sites for hydroxylation is 2. The van der Waals surface area contributed by atoms with Gasteiger partial charge >= 0.3 is 0 Å². The van der Waals surface area contributed by atoms with Crippen LogP contribution >= 0.6 is 34.5 Å². The van der Waals surface area contributed by atoms with E-state index in [1.165, 1.54) is 16.7 Å². The second-order valence-corrected chi connectivity index (χ2v) is 12.5. The molecule has 0 saturated carbocycles. The average Bonchev–Trinajstić information content (AvgIpc) is 3.65. The number of Topliss-reactive ketones (excluding diaryl/α,β-unsaturated/α-hetero) is 1. The molecule has 2 aliphatic heterocycles. The van der Waals surface area contributed by atoms with Crippen LogP contribution in [0.25, 0.3) is 0 Å². The monoisotopic (exact) mass is 633 g/mol. The number of carbonyl (C=O) groups excluding carboxylic acids is 3. The Morgan fingerprint density at radius 1 is 1.12 bits per heavy atom. The zero-order chi connectivity index (χ0) is 30.1. The van der Waals surface area contributed by atoms with E-state index in [0.29, 0.717) is 58.0 Å². The van der Waals surface area contributed by atoms with E-state index in [-0.39, 0.29) is 23.5 Å². The summed E-state index contributed by atoms with van der Waals surface area (Å²) in [6.07, 6.45) is 0. The SMILES string of the molecule is COCC(=O)N1C(C(=O)N2CCNCC2)C(c2cccc(OC)c2)C(C(=O)c2ccc(Cl)s2)C1c1c(C)nn(C)c1Cl. The number of benzene rings is 1. The van der Waals surface area contributed by atoms with Gasteiger partial charge in [0.1, 0.15) is 23.6 Å². The van der Waals surface area contributed by atoms with Gasteiger partial charge in [0, 0.05) is 51.8 Å². The van der Waals surface area contributed by atoms with Crippen molar-refractivity contribution in [1.29, 1.82) is 0 Å². The number of ketones is 1. The molecule has 0 aliphatic carbocycles. The van der Waals surface area contributed by atoms with Crippen LogP contribution in [-0.2, 0) is 21.4 Å². The van der Waals surface area contributed by atoms with Crippen molar-refractivity contribution in [1.82, 2.24) is 24.9 Å². The Morgan fingerprint density at radius 3 is 2.45 bits per heavy atom. The van der Waals surface area contributed by atoms with Crippen LogP contribution in [0.3, 0.4) is 0 Å². The third kappa shape index (κ3) is 5.56. The summed E-state index contributed by atoms with van der Waals surface area (Å²) >= 11 is 14.3. The van der Waals surface area contributed by atoms with Gasteiger partial charge in [-0.25, -0.2) is 0 Å². The molecule has 4 heterocycles. The van der Waals surface area contributed by atoms with Crippen LogP contribution in [0.5, 0.6) is 5.75 Å². The fourth-order valence-corrected chi connectivity index (χ4v) is 7.54. The molecule has 0 bridgehead atoms. The Morgan fingerprint density at radius 2 is 1.86 bits per heavy atom. The van der Waals surface area contributed by atoms with Crippen LogP contribution in [0, 0.1) is 12.8 Å². The fourth-order valence-electron chi connectivity index (χ4n) is 6.22. The maximum Gasteiger partial charge on any atom is 0.249 e. The predicted molar refractivity (Wildman–Crippen MR) is 161 cm³/mol. The van der Waals surface area contributed by atoms with Crippen molar-refractivity contribution in [3.05, 3.63) is 67.6 Å². The topological polar surface area (TPSA) is 106 Å². The van der Waals surface area contributed by atoms with Crippen molar-refractivity contribution in [2.45, 2.75) is 24.9 Å². The molecule has 2 saturated heterocycles. The number of hydrogen-bond acceptors (Lipinski definition) is 8. The molecule has 13 heteroatoms. The molecular formula is C29H33Cl2N5O5S. The lowest BCUT2D eigenvalue weighted by atomic mass is 9.77. The number of halogens is 2. The highest BCUT2D eigenvalue weighted by atomic mass is 35.5. The van der Waals surface area contributed by atoms with Gasteiger partial charge in [-0.05, 0) is 36.8 Å². The Labute approximate surface area is 258 Å². The summed E-state index contributed by atoms with van der Waals surface area (Å²) in [5.74, 6) is -1.98. The van der Waals surface area contributed by atoms with Gasteiger partial charge in [0.15, 0.2) is 5.78 Å². The van der Waals surface area contributed by atoms with Crippen molar-refractivity contribution in [2.24, 2.45) is 13.0 Å². The van der Waals surface area contributed by atoms with E-state index in [4.69, 9.17) is 32.7 Å². The molecule has 1 aromatic carbocycles. The van der Waals surface area contributed by atoms with E-state index in [0.717, 1.165) is 11.3 Å². The number of hydrogen-bond donors (Lipinski definition) is 1. The average molecular weight is 635 g/mol. The number of methoxy groups -OCH3 is 2. The van der Waals surface area contributed by atoms with Gasteiger partial charge in [-0.15, -0.1) is 11.3 Å². The molecule has 3 aromatic rings. The summed E-state index contributed by atoms with van der Waals surface area (Å²) in [5.41, 5.74) is 1.77. The maximum atomic E-state index is 14.6. The van der Waals surface area contributed by atoms with E-state index < -0.39 is 29.8 Å². The molecule has 4 atom stereocenters. The molecule has 2 aromatic heterocycles. The maximum absolute atomic E-state index is 14.6. The molecule has 2 amide bonds. The number of rotatable bonds is 8. The molecule has 5 rings (SSSR count). The standard InChI is InChI=1S/C29H33Cl2N5O5S/c1-16-22(28(31)34(2)33-16)25-24(27(38)19-8-9-20(30)42-19)23(17-6-5-7-18(14-17)41-4)26(36(25)21(37)15-40-3)29(39)35-12-10-32-11-13-35/h5-9,14,23-26,32H,10-13,15H2,1-4H3. The lowest BCUT2D eigenvalue weighted by Crippen LogP contribution is -2.55. The number of carbonyl (C=O) groups is 3. The van der Waals surface area contributed by atoms with Gasteiger partial charge in [-0.1, -0.05) is 35.3 Å². The minimum Gasteiger partial charge on any atom is -0.497 e. The first-order valence-electron chi connectivity index (χ1n) is 13.6. The Kier molecular flexibility index (Phi) is 9.24. The molecule has 4 unspecified atom stereocenters. The van der Waals surface area contributed by atoms with Gasteiger partial charge in [0.2, 0.25) is 11.8 Å². The molecule has 2 aliphatic rings. The van der Waals surface area contributed by atoms with Crippen molar-refractivity contribution in [3.63, 3.8) is 0 Å². The second kappa shape index (κ2) is 12.7. The number of ether oxygens (including phenoxy) is 2. The van der Waals surface area contributed by atoms with Crippen LogP contribution < -0.4 is 10.1 Å². The van der Waals surface area contributed by atoms with Crippen LogP contribution in [-0.4, -0.2) is 90.2 Å². The summed E-state index contributed by atoms with van der Waals surface area (Å²) in [6.45, 7) is 3.71. The van der Waals surface area contributed by atoms with Gasteiger partial charge in [-0.3, -0.25) is 19.1 Å². The number of nitrogens with one attached hydrogen (secondary N) is 1. The summed E-state index contributed by atoms with van der Waals surface area (Å²) in [7, 11) is 4.69.